The van der Waals surface area contributed by atoms with E-state index in [1.165, 1.54) is 38.5 Å². The van der Waals surface area contributed by atoms with Crippen molar-refractivity contribution in [2.45, 2.75) is 78.1 Å². The Morgan fingerprint density at radius 2 is 2.10 bits per heavy atom. The fraction of sp³-hybridized carbons (Fsp3) is 0.692. The molecule has 29 heavy (non-hydrogen) atoms. The molecule has 3 fully saturated rings. The van der Waals surface area contributed by atoms with Crippen molar-refractivity contribution in [3.05, 3.63) is 41.7 Å². The number of carbonyl (C=O) groups is 1. The van der Waals surface area contributed by atoms with E-state index in [1.807, 2.05) is 0 Å². The Labute approximate surface area is 175 Å². The zero-order valence-electron chi connectivity index (χ0n) is 18.0. The molecule has 0 unspecified atom stereocenters. The van der Waals surface area contributed by atoms with Gasteiger partial charge in [0.1, 0.15) is 0 Å². The molecule has 3 heteroatoms. The van der Waals surface area contributed by atoms with Crippen LogP contribution >= 0.6 is 0 Å². The molecule has 0 amide bonds. The van der Waals surface area contributed by atoms with Crippen molar-refractivity contribution in [1.82, 2.24) is 0 Å². The molecule has 4 rings (SSSR count). The van der Waals surface area contributed by atoms with Crippen molar-refractivity contribution in [1.29, 1.82) is 0 Å². The second-order valence-electron chi connectivity index (χ2n) is 10.2. The highest BCUT2D eigenvalue weighted by Gasteiger charge is 2.57. The normalized spacial score (nSPS) is 40.3. The third-order valence-electron chi connectivity index (χ3n) is 8.93. The molecule has 158 valence electrons. The average Bonchev–Trinajstić information content (AvgIpc) is 3.06. The quantitative estimate of drug-likeness (QED) is 0.180. The van der Waals surface area contributed by atoms with Crippen LogP contribution in [-0.2, 0) is 9.68 Å². The number of hydrogen-bond acceptors (Lipinski definition) is 3. The smallest absolute Gasteiger partial charge is 0.301 e. The van der Waals surface area contributed by atoms with Gasteiger partial charge in [-0.3, -0.25) is 0 Å². The molecule has 3 nitrogen and oxygen atoms in total. The topological polar surface area (TPSA) is 46.5 Å². The second-order valence-corrected chi connectivity index (χ2v) is 10.2. The molecule has 0 saturated heterocycles. The minimum atomic E-state index is -0.528. The van der Waals surface area contributed by atoms with E-state index in [0.717, 1.165) is 37.0 Å². The summed E-state index contributed by atoms with van der Waals surface area (Å²) in [5.74, 6) is 2.67. The van der Waals surface area contributed by atoms with Gasteiger partial charge in [-0.05, 0) is 98.5 Å². The lowest BCUT2D eigenvalue weighted by Crippen LogP contribution is -2.48. The first-order valence-electron chi connectivity index (χ1n) is 11.6. The standard InChI is InChI=1S/C26H36O3/c1-25-17-8-7-10-19(25)12-14-21-22-15-13-20(26(22,2)18-16-23(21)25)9-5-3-4-6-11-24(27)29-28/h5,7-9,17,20-23,28H,3-4,6,11-16,18H2,1-2H3/t20-,21-,22-,23-,25-,26+/m0/s1. The Morgan fingerprint density at radius 1 is 1.24 bits per heavy atom. The predicted octanol–water partition coefficient (Wildman–Crippen LogP) is 6.63. The molecular formula is C26H36O3. The minimum Gasteiger partial charge on any atom is -0.301 e. The third kappa shape index (κ3) is 3.68. The number of fused-ring (bicyclic) bond motifs is 5. The van der Waals surface area contributed by atoms with Crippen molar-refractivity contribution >= 4 is 5.97 Å². The highest BCUT2D eigenvalue weighted by atomic mass is 17.1. The Morgan fingerprint density at radius 3 is 2.93 bits per heavy atom. The maximum atomic E-state index is 11.0. The van der Waals surface area contributed by atoms with Gasteiger partial charge < -0.3 is 4.89 Å². The van der Waals surface area contributed by atoms with E-state index in [2.05, 4.69) is 54.8 Å². The summed E-state index contributed by atoms with van der Waals surface area (Å²) in [7, 11) is 0. The molecule has 3 saturated carbocycles. The third-order valence-corrected chi connectivity index (χ3v) is 8.93. The number of allylic oxidation sites excluding steroid dienone is 5. The summed E-state index contributed by atoms with van der Waals surface area (Å²) in [4.78, 5) is 14.7. The van der Waals surface area contributed by atoms with Crippen LogP contribution in [0.5, 0.6) is 0 Å². The van der Waals surface area contributed by atoms with Crippen molar-refractivity contribution in [3.8, 4) is 0 Å². The van der Waals surface area contributed by atoms with E-state index < -0.39 is 5.97 Å². The van der Waals surface area contributed by atoms with Gasteiger partial charge in [0, 0.05) is 11.8 Å². The van der Waals surface area contributed by atoms with Crippen LogP contribution in [0.2, 0.25) is 0 Å². The molecule has 0 heterocycles. The fourth-order valence-corrected chi connectivity index (χ4v) is 7.28. The Balaban J connectivity index is 1.38. The lowest BCUT2D eigenvalue weighted by molar-refractivity contribution is -0.234. The van der Waals surface area contributed by atoms with E-state index in [9.17, 15) is 4.79 Å². The molecule has 0 aromatic heterocycles. The summed E-state index contributed by atoms with van der Waals surface area (Å²) in [6, 6.07) is 0. The molecule has 1 N–H and O–H groups in total. The Hall–Kier alpha value is -1.57. The maximum absolute atomic E-state index is 11.0. The Kier molecular flexibility index (Phi) is 5.91. The number of hydrogen-bond donors (Lipinski definition) is 1. The van der Waals surface area contributed by atoms with Gasteiger partial charge >= 0.3 is 5.97 Å². The molecule has 0 radical (unpaired) electrons. The monoisotopic (exact) mass is 396 g/mol. The lowest BCUT2D eigenvalue weighted by Gasteiger charge is -2.56. The van der Waals surface area contributed by atoms with Gasteiger partial charge in [0.2, 0.25) is 0 Å². The molecule has 4 aliphatic carbocycles. The van der Waals surface area contributed by atoms with Crippen LogP contribution in [0.3, 0.4) is 0 Å². The number of carbonyl (C=O) groups excluding carboxylic acids is 1. The highest BCUT2D eigenvalue weighted by molar-refractivity contribution is 5.68. The first-order valence-corrected chi connectivity index (χ1v) is 11.6. The van der Waals surface area contributed by atoms with Crippen LogP contribution < -0.4 is 0 Å². The largest absolute Gasteiger partial charge is 0.342 e. The van der Waals surface area contributed by atoms with Crippen LogP contribution in [0.1, 0.15) is 78.1 Å². The van der Waals surface area contributed by atoms with E-state index in [4.69, 9.17) is 5.26 Å². The fourth-order valence-electron chi connectivity index (χ4n) is 7.28. The molecule has 0 aliphatic heterocycles. The molecule has 0 aromatic carbocycles. The van der Waals surface area contributed by atoms with Crippen LogP contribution in [-0.4, -0.2) is 11.2 Å². The van der Waals surface area contributed by atoms with Crippen LogP contribution in [0.25, 0.3) is 0 Å². The van der Waals surface area contributed by atoms with Crippen molar-refractivity contribution in [2.75, 3.05) is 0 Å². The van der Waals surface area contributed by atoms with Gasteiger partial charge in [0.15, 0.2) is 0 Å². The van der Waals surface area contributed by atoms with E-state index in [1.54, 1.807) is 5.57 Å². The van der Waals surface area contributed by atoms with Gasteiger partial charge in [-0.1, -0.05) is 38.2 Å². The lowest BCUT2D eigenvalue weighted by atomic mass is 9.48. The number of unbranched alkanes of at least 4 members (excludes halogenated alkanes) is 2. The zero-order chi connectivity index (χ0) is 20.5. The molecule has 0 bridgehead atoms. The summed E-state index contributed by atoms with van der Waals surface area (Å²) in [6.45, 7) is 5.04. The summed E-state index contributed by atoms with van der Waals surface area (Å²) in [5, 5.41) is 8.31. The molecular weight excluding hydrogens is 360 g/mol. The molecule has 6 atom stereocenters. The van der Waals surface area contributed by atoms with Crippen molar-refractivity contribution in [2.24, 2.45) is 34.5 Å². The SMILES string of the molecule is C[C@]12CC[C@H]3[C@@H](CCC4=C=CC=C[C@@]43C)[C@@H]1CC[C@@H]2C=CCCCCC(=O)OO. The molecule has 0 aromatic rings. The van der Waals surface area contributed by atoms with Gasteiger partial charge in [0.05, 0.1) is 0 Å². The second kappa shape index (κ2) is 8.28. The maximum Gasteiger partial charge on any atom is 0.342 e. The van der Waals surface area contributed by atoms with E-state index >= 15 is 0 Å². The van der Waals surface area contributed by atoms with Gasteiger partial charge in [-0.25, -0.2) is 4.79 Å². The highest BCUT2D eigenvalue weighted by Crippen LogP contribution is 2.65. The van der Waals surface area contributed by atoms with Gasteiger partial charge in [0.25, 0.3) is 0 Å². The predicted molar refractivity (Wildman–Crippen MR) is 115 cm³/mol. The molecule has 4 aliphatic rings. The van der Waals surface area contributed by atoms with E-state index in [0.29, 0.717) is 17.8 Å². The first-order chi connectivity index (χ1) is 14.0. The summed E-state index contributed by atoms with van der Waals surface area (Å²) >= 11 is 0. The molecule has 0 spiro atoms. The summed E-state index contributed by atoms with van der Waals surface area (Å²) in [6.07, 6.45) is 22.6. The Bertz CT molecular complexity index is 756. The van der Waals surface area contributed by atoms with E-state index in [-0.39, 0.29) is 5.41 Å². The summed E-state index contributed by atoms with van der Waals surface area (Å²) < 4.78 is 0. The van der Waals surface area contributed by atoms with Crippen molar-refractivity contribution in [3.63, 3.8) is 0 Å². The average molecular weight is 397 g/mol. The first kappa shape index (κ1) is 20.7. The van der Waals surface area contributed by atoms with Crippen LogP contribution in [0.15, 0.2) is 41.7 Å². The van der Waals surface area contributed by atoms with Crippen LogP contribution in [0.4, 0.5) is 0 Å². The number of rotatable bonds is 6. The zero-order valence-corrected chi connectivity index (χ0v) is 18.0. The minimum absolute atomic E-state index is 0.239. The summed E-state index contributed by atoms with van der Waals surface area (Å²) in [5.41, 5.74) is 5.81. The van der Waals surface area contributed by atoms with Crippen LogP contribution in [0, 0.1) is 34.5 Å². The van der Waals surface area contributed by atoms with Gasteiger partial charge in [-0.2, -0.15) is 5.26 Å². The van der Waals surface area contributed by atoms with Gasteiger partial charge in [-0.15, -0.1) is 5.73 Å². The van der Waals surface area contributed by atoms with Crippen molar-refractivity contribution < 1.29 is 14.9 Å².